The fourth-order valence-electron chi connectivity index (χ4n) is 3.64. The Kier molecular flexibility index (Phi) is 11.1. The van der Waals surface area contributed by atoms with Gasteiger partial charge in [0.25, 0.3) is 0 Å². The maximum absolute atomic E-state index is 4.71. The summed E-state index contributed by atoms with van der Waals surface area (Å²) in [4.78, 5) is 4.71. The first-order valence-electron chi connectivity index (χ1n) is 10.8. The molecule has 29 heavy (non-hydrogen) atoms. The van der Waals surface area contributed by atoms with Gasteiger partial charge in [0.05, 0.1) is 0 Å². The van der Waals surface area contributed by atoms with Crippen LogP contribution < -0.4 is 10.6 Å². The Morgan fingerprint density at radius 1 is 1.03 bits per heavy atom. The van der Waals surface area contributed by atoms with Crippen molar-refractivity contribution in [2.45, 2.75) is 64.8 Å². The van der Waals surface area contributed by atoms with Crippen molar-refractivity contribution in [3.8, 4) is 0 Å². The molecule has 2 aromatic rings. The quantitative estimate of drug-likeness (QED) is 0.234. The molecule has 2 heterocycles. The Morgan fingerprint density at radius 2 is 1.90 bits per heavy atom. The lowest BCUT2D eigenvalue weighted by Crippen LogP contribution is -2.38. The van der Waals surface area contributed by atoms with Crippen LogP contribution in [0.1, 0.15) is 56.2 Å². The fourth-order valence-corrected chi connectivity index (χ4v) is 3.64. The lowest BCUT2D eigenvalue weighted by Gasteiger charge is -2.11. The number of rotatable bonds is 9. The molecule has 1 aliphatic rings. The molecule has 1 aromatic heterocycles. The highest BCUT2D eigenvalue weighted by Crippen LogP contribution is 2.15. The van der Waals surface area contributed by atoms with Crippen LogP contribution in [0.3, 0.4) is 0 Å². The molecule has 0 spiro atoms. The van der Waals surface area contributed by atoms with Crippen LogP contribution in [0.25, 0.3) is 0 Å². The Balaban J connectivity index is 0.00000300. The lowest BCUT2D eigenvalue weighted by molar-refractivity contribution is 0.594. The van der Waals surface area contributed by atoms with E-state index < -0.39 is 0 Å². The van der Waals surface area contributed by atoms with Gasteiger partial charge < -0.3 is 15.2 Å². The molecule has 160 valence electrons. The maximum Gasteiger partial charge on any atom is 0.191 e. The summed E-state index contributed by atoms with van der Waals surface area (Å²) in [5.74, 6) is 3.23. The zero-order chi connectivity index (χ0) is 19.4. The van der Waals surface area contributed by atoms with Gasteiger partial charge in [0.1, 0.15) is 11.6 Å². The minimum atomic E-state index is 0. The highest BCUT2D eigenvalue weighted by molar-refractivity contribution is 14.0. The molecule has 2 N–H and O–H groups in total. The average Bonchev–Trinajstić information content (AvgIpc) is 2.95. The van der Waals surface area contributed by atoms with Crippen molar-refractivity contribution in [3.05, 3.63) is 47.5 Å². The van der Waals surface area contributed by atoms with E-state index in [0.717, 1.165) is 70.1 Å². The van der Waals surface area contributed by atoms with Crippen molar-refractivity contribution in [1.82, 2.24) is 25.4 Å². The number of guanidine groups is 1. The standard InChI is InChI=1S/C22H34N6.HI/c1-2-23-22(24-16-9-13-19-11-5-3-6-12-19)25-17-10-15-21-27-26-20-14-7-4-8-18-28(20)21;/h3,5-6,11-12H,2,4,7-10,13-18H2,1H3,(H2,23,24,25);1H. The normalized spacial score (nSPS) is 13.9. The number of halogens is 1. The van der Waals surface area contributed by atoms with Crippen LogP contribution in [-0.4, -0.2) is 40.4 Å². The number of fused-ring (bicyclic) bond motifs is 1. The predicted octanol–water partition coefficient (Wildman–Crippen LogP) is 3.74. The highest BCUT2D eigenvalue weighted by Gasteiger charge is 2.14. The molecule has 0 radical (unpaired) electrons. The minimum absolute atomic E-state index is 0. The van der Waals surface area contributed by atoms with E-state index in [1.807, 2.05) is 0 Å². The van der Waals surface area contributed by atoms with Crippen LogP contribution >= 0.6 is 24.0 Å². The summed E-state index contributed by atoms with van der Waals surface area (Å²) in [7, 11) is 0. The highest BCUT2D eigenvalue weighted by atomic mass is 127. The van der Waals surface area contributed by atoms with Crippen molar-refractivity contribution in [2.75, 3.05) is 19.6 Å². The molecule has 0 unspecified atom stereocenters. The number of hydrogen-bond donors (Lipinski definition) is 2. The molecular formula is C22H35IN6. The molecule has 1 aliphatic heterocycles. The second-order valence-electron chi connectivity index (χ2n) is 7.37. The number of aliphatic imine (C=N–C) groups is 1. The van der Waals surface area contributed by atoms with Crippen molar-refractivity contribution in [1.29, 1.82) is 0 Å². The van der Waals surface area contributed by atoms with Crippen molar-refractivity contribution in [3.63, 3.8) is 0 Å². The Morgan fingerprint density at radius 3 is 2.72 bits per heavy atom. The fraction of sp³-hybridized carbons (Fsp3) is 0.591. The van der Waals surface area contributed by atoms with Crippen LogP contribution in [0.5, 0.6) is 0 Å². The van der Waals surface area contributed by atoms with E-state index in [0.29, 0.717) is 0 Å². The summed E-state index contributed by atoms with van der Waals surface area (Å²) in [5.41, 5.74) is 1.38. The molecule has 0 fully saturated rings. The van der Waals surface area contributed by atoms with Crippen LogP contribution in [0.2, 0.25) is 0 Å². The molecule has 0 saturated heterocycles. The topological polar surface area (TPSA) is 67.1 Å². The van der Waals surface area contributed by atoms with Gasteiger partial charge in [-0.2, -0.15) is 0 Å². The third kappa shape index (κ3) is 7.95. The van der Waals surface area contributed by atoms with E-state index >= 15 is 0 Å². The van der Waals surface area contributed by atoms with E-state index in [-0.39, 0.29) is 24.0 Å². The van der Waals surface area contributed by atoms with Gasteiger partial charge in [-0.25, -0.2) is 0 Å². The Bertz CT molecular complexity index is 728. The van der Waals surface area contributed by atoms with E-state index in [9.17, 15) is 0 Å². The van der Waals surface area contributed by atoms with Gasteiger partial charge in [-0.1, -0.05) is 36.8 Å². The molecule has 1 aromatic carbocycles. The molecule has 0 saturated carbocycles. The summed E-state index contributed by atoms with van der Waals surface area (Å²) in [6.45, 7) is 5.79. The molecule has 0 bridgehead atoms. The molecule has 0 aliphatic carbocycles. The monoisotopic (exact) mass is 510 g/mol. The third-order valence-corrected chi connectivity index (χ3v) is 5.14. The van der Waals surface area contributed by atoms with Crippen molar-refractivity contribution in [2.24, 2.45) is 4.99 Å². The Hall–Kier alpha value is -1.64. The molecule has 7 heteroatoms. The Labute approximate surface area is 192 Å². The number of nitrogens with one attached hydrogen (secondary N) is 2. The third-order valence-electron chi connectivity index (χ3n) is 5.14. The molecule has 0 atom stereocenters. The van der Waals surface area contributed by atoms with Gasteiger partial charge in [-0.05, 0) is 44.6 Å². The second-order valence-corrected chi connectivity index (χ2v) is 7.37. The number of nitrogens with zero attached hydrogens (tertiary/aromatic N) is 4. The summed E-state index contributed by atoms with van der Waals surface area (Å²) in [5, 5.41) is 15.6. The van der Waals surface area contributed by atoms with E-state index in [4.69, 9.17) is 4.99 Å². The van der Waals surface area contributed by atoms with Crippen LogP contribution in [0, 0.1) is 0 Å². The lowest BCUT2D eigenvalue weighted by atomic mass is 10.1. The smallest absolute Gasteiger partial charge is 0.191 e. The van der Waals surface area contributed by atoms with Gasteiger partial charge in [-0.3, -0.25) is 4.99 Å². The van der Waals surface area contributed by atoms with Gasteiger partial charge in [-0.15, -0.1) is 34.2 Å². The van der Waals surface area contributed by atoms with Gasteiger partial charge in [0.2, 0.25) is 0 Å². The van der Waals surface area contributed by atoms with Crippen LogP contribution in [-0.2, 0) is 25.8 Å². The van der Waals surface area contributed by atoms with Crippen LogP contribution in [0.15, 0.2) is 35.3 Å². The van der Waals surface area contributed by atoms with Crippen molar-refractivity contribution >= 4 is 29.9 Å². The first-order chi connectivity index (χ1) is 13.9. The summed E-state index contributed by atoms with van der Waals surface area (Å²) < 4.78 is 2.34. The van der Waals surface area contributed by atoms with Gasteiger partial charge in [0.15, 0.2) is 5.96 Å². The first kappa shape index (κ1) is 23.6. The largest absolute Gasteiger partial charge is 0.357 e. The number of aryl methyl sites for hydroxylation is 3. The van der Waals surface area contributed by atoms with E-state index in [1.54, 1.807) is 0 Å². The predicted molar refractivity (Wildman–Crippen MR) is 130 cm³/mol. The average molecular weight is 510 g/mol. The zero-order valence-corrected chi connectivity index (χ0v) is 19.9. The van der Waals surface area contributed by atoms with Crippen LogP contribution in [0.4, 0.5) is 0 Å². The summed E-state index contributed by atoms with van der Waals surface area (Å²) in [6.07, 6.45) is 9.00. The van der Waals surface area contributed by atoms with E-state index in [2.05, 4.69) is 62.7 Å². The van der Waals surface area contributed by atoms with Gasteiger partial charge >= 0.3 is 0 Å². The maximum atomic E-state index is 4.71. The SMILES string of the molecule is CCNC(=NCCCc1ccccc1)NCCCc1nnc2n1CCCCC2.I. The number of hydrogen-bond acceptors (Lipinski definition) is 3. The van der Waals surface area contributed by atoms with Crippen molar-refractivity contribution < 1.29 is 0 Å². The molecular weight excluding hydrogens is 475 g/mol. The van der Waals surface area contributed by atoms with Gasteiger partial charge in [0, 0.05) is 39.0 Å². The number of benzene rings is 1. The first-order valence-corrected chi connectivity index (χ1v) is 10.8. The molecule has 6 nitrogen and oxygen atoms in total. The summed E-state index contributed by atoms with van der Waals surface area (Å²) in [6, 6.07) is 10.6. The minimum Gasteiger partial charge on any atom is -0.357 e. The second kappa shape index (κ2) is 13.6. The molecule has 0 amide bonds. The molecule has 3 rings (SSSR count). The zero-order valence-electron chi connectivity index (χ0n) is 17.6. The number of aromatic nitrogens is 3. The van der Waals surface area contributed by atoms with E-state index in [1.165, 1.54) is 30.7 Å². The summed E-state index contributed by atoms with van der Waals surface area (Å²) >= 11 is 0.